The van der Waals surface area contributed by atoms with Crippen LogP contribution in [-0.2, 0) is 14.3 Å². The Morgan fingerprint density at radius 1 is 1.06 bits per heavy atom. The SMILES string of the molecule is CCOc1ccc([C@@H]2C(=C(O)c3ccccc3)C(=O)C(=O)N2CCCOC(C)C)cc1. The number of aliphatic hydroxyl groups is 1. The van der Waals surface area contributed by atoms with Crippen molar-refractivity contribution in [2.75, 3.05) is 19.8 Å². The molecule has 0 spiro atoms. The molecule has 0 aliphatic carbocycles. The number of hydrogen-bond acceptors (Lipinski definition) is 5. The van der Waals surface area contributed by atoms with E-state index in [2.05, 4.69) is 0 Å². The molecule has 0 unspecified atom stereocenters. The largest absolute Gasteiger partial charge is 0.507 e. The molecule has 0 saturated carbocycles. The van der Waals surface area contributed by atoms with E-state index in [4.69, 9.17) is 9.47 Å². The van der Waals surface area contributed by atoms with Crippen molar-refractivity contribution in [1.82, 2.24) is 4.90 Å². The highest BCUT2D eigenvalue weighted by molar-refractivity contribution is 6.46. The van der Waals surface area contributed by atoms with E-state index in [1.807, 2.05) is 51.1 Å². The van der Waals surface area contributed by atoms with E-state index in [-0.39, 0.29) is 17.4 Å². The second-order valence-corrected chi connectivity index (χ2v) is 7.63. The monoisotopic (exact) mass is 423 g/mol. The molecule has 1 aliphatic heterocycles. The van der Waals surface area contributed by atoms with Gasteiger partial charge in [0, 0.05) is 18.7 Å². The molecule has 1 heterocycles. The molecular weight excluding hydrogens is 394 g/mol. The number of likely N-dealkylation sites (tertiary alicyclic amines) is 1. The summed E-state index contributed by atoms with van der Waals surface area (Å²) in [6.07, 6.45) is 0.680. The third-order valence-electron chi connectivity index (χ3n) is 5.09. The second-order valence-electron chi connectivity index (χ2n) is 7.63. The number of ether oxygens (including phenoxy) is 2. The Morgan fingerprint density at radius 3 is 2.35 bits per heavy atom. The van der Waals surface area contributed by atoms with Crippen molar-refractivity contribution < 1.29 is 24.2 Å². The van der Waals surface area contributed by atoms with Gasteiger partial charge in [-0.15, -0.1) is 0 Å². The van der Waals surface area contributed by atoms with Crippen molar-refractivity contribution in [2.45, 2.75) is 39.3 Å². The maximum atomic E-state index is 13.0. The van der Waals surface area contributed by atoms with Gasteiger partial charge in [-0.3, -0.25) is 9.59 Å². The van der Waals surface area contributed by atoms with E-state index in [0.717, 1.165) is 5.56 Å². The minimum absolute atomic E-state index is 0.0930. The molecule has 2 aromatic carbocycles. The summed E-state index contributed by atoms with van der Waals surface area (Å²) in [6, 6.07) is 15.4. The molecule has 6 heteroatoms. The standard InChI is InChI=1S/C25H29NO5/c1-4-30-20-13-11-18(12-14-20)22-21(23(27)19-9-6-5-7-10-19)24(28)25(29)26(22)15-8-16-31-17(2)3/h5-7,9-14,17,22,27H,4,8,15-16H2,1-3H3/t22-/m1/s1. The molecule has 1 amide bonds. The zero-order valence-electron chi connectivity index (χ0n) is 18.2. The minimum Gasteiger partial charge on any atom is -0.507 e. The molecular formula is C25H29NO5. The predicted octanol–water partition coefficient (Wildman–Crippen LogP) is 4.32. The number of hydrogen-bond donors (Lipinski definition) is 1. The van der Waals surface area contributed by atoms with Gasteiger partial charge in [-0.2, -0.15) is 0 Å². The lowest BCUT2D eigenvalue weighted by Crippen LogP contribution is -2.31. The van der Waals surface area contributed by atoms with Crippen LogP contribution in [0.1, 0.15) is 44.4 Å². The third kappa shape index (κ3) is 5.14. The lowest BCUT2D eigenvalue weighted by molar-refractivity contribution is -0.140. The van der Waals surface area contributed by atoms with Gasteiger partial charge in [0.1, 0.15) is 11.5 Å². The van der Waals surface area contributed by atoms with Gasteiger partial charge in [0.05, 0.1) is 24.3 Å². The van der Waals surface area contributed by atoms with Crippen LogP contribution in [0.5, 0.6) is 5.75 Å². The Hall–Kier alpha value is -3.12. The zero-order valence-corrected chi connectivity index (χ0v) is 18.2. The topological polar surface area (TPSA) is 76.1 Å². The number of benzene rings is 2. The molecule has 6 nitrogen and oxygen atoms in total. The van der Waals surface area contributed by atoms with Gasteiger partial charge in [0.15, 0.2) is 0 Å². The van der Waals surface area contributed by atoms with E-state index in [9.17, 15) is 14.7 Å². The molecule has 1 aliphatic rings. The summed E-state index contributed by atoms with van der Waals surface area (Å²) in [5, 5.41) is 11.0. The highest BCUT2D eigenvalue weighted by atomic mass is 16.5. The van der Waals surface area contributed by atoms with Crippen molar-refractivity contribution in [1.29, 1.82) is 0 Å². The zero-order chi connectivity index (χ0) is 22.4. The summed E-state index contributed by atoms with van der Waals surface area (Å²) in [6.45, 7) is 7.18. The summed E-state index contributed by atoms with van der Waals surface area (Å²) < 4.78 is 11.1. The normalized spacial score (nSPS) is 18.1. The summed E-state index contributed by atoms with van der Waals surface area (Å²) >= 11 is 0. The molecule has 31 heavy (non-hydrogen) atoms. The van der Waals surface area contributed by atoms with Crippen LogP contribution in [-0.4, -0.2) is 47.6 Å². The van der Waals surface area contributed by atoms with Crippen LogP contribution in [0.4, 0.5) is 0 Å². The molecule has 164 valence electrons. The number of carbonyl (C=O) groups is 2. The smallest absolute Gasteiger partial charge is 0.295 e. The molecule has 0 bridgehead atoms. The number of rotatable bonds is 9. The average molecular weight is 424 g/mol. The van der Waals surface area contributed by atoms with Crippen molar-refractivity contribution >= 4 is 17.4 Å². The lowest BCUT2D eigenvalue weighted by Gasteiger charge is -2.25. The van der Waals surface area contributed by atoms with Gasteiger partial charge in [-0.05, 0) is 44.9 Å². The molecule has 1 saturated heterocycles. The van der Waals surface area contributed by atoms with Gasteiger partial charge in [0.25, 0.3) is 11.7 Å². The molecule has 0 aromatic heterocycles. The maximum Gasteiger partial charge on any atom is 0.295 e. The van der Waals surface area contributed by atoms with Crippen LogP contribution >= 0.6 is 0 Å². The number of Topliss-reactive ketones (excluding diaryl/α,β-unsaturated/α-hetero) is 1. The number of nitrogens with zero attached hydrogens (tertiary/aromatic N) is 1. The Balaban J connectivity index is 1.99. The van der Waals surface area contributed by atoms with Gasteiger partial charge in [0.2, 0.25) is 0 Å². The van der Waals surface area contributed by atoms with Gasteiger partial charge >= 0.3 is 0 Å². The van der Waals surface area contributed by atoms with E-state index in [1.54, 1.807) is 24.3 Å². The first kappa shape index (κ1) is 22.6. The van der Waals surface area contributed by atoms with E-state index < -0.39 is 17.7 Å². The number of ketones is 1. The fourth-order valence-corrected chi connectivity index (χ4v) is 3.68. The van der Waals surface area contributed by atoms with Crippen LogP contribution < -0.4 is 4.74 Å². The van der Waals surface area contributed by atoms with Gasteiger partial charge in [-0.1, -0.05) is 42.5 Å². The highest BCUT2D eigenvalue weighted by Crippen LogP contribution is 2.39. The number of carbonyl (C=O) groups excluding carboxylic acids is 2. The number of aliphatic hydroxyl groups excluding tert-OH is 1. The lowest BCUT2D eigenvalue weighted by atomic mass is 9.95. The Labute approximate surface area is 183 Å². The molecule has 3 rings (SSSR count). The fourth-order valence-electron chi connectivity index (χ4n) is 3.68. The first-order valence-electron chi connectivity index (χ1n) is 10.6. The highest BCUT2D eigenvalue weighted by Gasteiger charge is 2.45. The van der Waals surface area contributed by atoms with Crippen molar-refractivity contribution in [3.8, 4) is 5.75 Å². The Kier molecular flexibility index (Phi) is 7.47. The fraction of sp³-hybridized carbons (Fsp3) is 0.360. The summed E-state index contributed by atoms with van der Waals surface area (Å²) in [4.78, 5) is 27.4. The van der Waals surface area contributed by atoms with Crippen LogP contribution in [0.2, 0.25) is 0 Å². The average Bonchev–Trinajstić information content (AvgIpc) is 3.02. The quantitative estimate of drug-likeness (QED) is 0.281. The maximum absolute atomic E-state index is 13.0. The van der Waals surface area contributed by atoms with Crippen molar-refractivity contribution in [3.63, 3.8) is 0 Å². The van der Waals surface area contributed by atoms with E-state index in [0.29, 0.717) is 37.5 Å². The van der Waals surface area contributed by atoms with Crippen molar-refractivity contribution in [2.24, 2.45) is 0 Å². The molecule has 1 fully saturated rings. The number of amides is 1. The van der Waals surface area contributed by atoms with Crippen LogP contribution in [0.15, 0.2) is 60.2 Å². The van der Waals surface area contributed by atoms with E-state index >= 15 is 0 Å². The van der Waals surface area contributed by atoms with Crippen LogP contribution in [0.25, 0.3) is 5.76 Å². The van der Waals surface area contributed by atoms with Gasteiger partial charge in [-0.25, -0.2) is 0 Å². The Morgan fingerprint density at radius 2 is 1.74 bits per heavy atom. The summed E-state index contributed by atoms with van der Waals surface area (Å²) in [7, 11) is 0. The third-order valence-corrected chi connectivity index (χ3v) is 5.09. The van der Waals surface area contributed by atoms with Gasteiger partial charge < -0.3 is 19.5 Å². The van der Waals surface area contributed by atoms with Crippen molar-refractivity contribution in [3.05, 3.63) is 71.3 Å². The first-order valence-corrected chi connectivity index (χ1v) is 10.6. The van der Waals surface area contributed by atoms with Crippen LogP contribution in [0.3, 0.4) is 0 Å². The molecule has 1 atom stereocenters. The Bertz CT molecular complexity index is 934. The molecule has 0 radical (unpaired) electrons. The minimum atomic E-state index is -0.676. The summed E-state index contributed by atoms with van der Waals surface area (Å²) in [5.74, 6) is -0.749. The summed E-state index contributed by atoms with van der Waals surface area (Å²) in [5.41, 5.74) is 1.34. The van der Waals surface area contributed by atoms with Crippen LogP contribution in [0, 0.1) is 0 Å². The van der Waals surface area contributed by atoms with E-state index in [1.165, 1.54) is 4.90 Å². The molecule has 1 N–H and O–H groups in total. The second kappa shape index (κ2) is 10.3. The molecule has 2 aromatic rings. The first-order chi connectivity index (χ1) is 14.9. The predicted molar refractivity (Wildman–Crippen MR) is 119 cm³/mol.